The van der Waals surface area contributed by atoms with Crippen LogP contribution in [0.4, 0.5) is 5.88 Å². The smallest absolute Gasteiger partial charge is 0.433 e. The van der Waals surface area contributed by atoms with Crippen molar-refractivity contribution in [2.24, 2.45) is 0 Å². The first kappa shape index (κ1) is 22.0. The molecule has 2 aromatic rings. The van der Waals surface area contributed by atoms with Crippen molar-refractivity contribution < 1.29 is 23.7 Å². The number of carbonyl (C=O) groups excluding carboxylic acids is 2. The molecule has 29 heavy (non-hydrogen) atoms. The third-order valence-corrected chi connectivity index (χ3v) is 4.39. The van der Waals surface area contributed by atoms with E-state index in [0.29, 0.717) is 25.4 Å². The zero-order valence-electron chi connectivity index (χ0n) is 15.5. The predicted octanol–water partition coefficient (Wildman–Crippen LogP) is 2.40. The first-order valence-corrected chi connectivity index (χ1v) is 9.91. The minimum Gasteiger partial charge on any atom is -0.490 e. The highest BCUT2D eigenvalue weighted by Crippen LogP contribution is 2.15. The number of furan rings is 1. The van der Waals surface area contributed by atoms with E-state index in [4.69, 9.17) is 9.15 Å². The molecule has 10 heteroatoms. The van der Waals surface area contributed by atoms with Crippen LogP contribution in [-0.2, 0) is 4.79 Å². The Kier molecular flexibility index (Phi) is 9.30. The minimum absolute atomic E-state index is 0.114. The lowest BCUT2D eigenvalue weighted by atomic mass is 10.3. The normalized spacial score (nSPS) is 10.6. The number of thioether (sulfide) groups is 1. The Morgan fingerprint density at radius 3 is 2.66 bits per heavy atom. The van der Waals surface area contributed by atoms with Crippen molar-refractivity contribution in [1.82, 2.24) is 10.6 Å². The average molecular weight is 419 g/mol. The Balaban J connectivity index is 1.49. The van der Waals surface area contributed by atoms with Crippen LogP contribution in [0.2, 0.25) is 0 Å². The van der Waals surface area contributed by atoms with E-state index >= 15 is 0 Å². The van der Waals surface area contributed by atoms with Crippen molar-refractivity contribution in [3.8, 4) is 5.75 Å². The molecule has 0 fully saturated rings. The van der Waals surface area contributed by atoms with Gasteiger partial charge < -0.3 is 19.8 Å². The van der Waals surface area contributed by atoms with Gasteiger partial charge in [0.05, 0.1) is 11.8 Å². The highest BCUT2D eigenvalue weighted by molar-refractivity contribution is 7.99. The molecule has 2 amide bonds. The van der Waals surface area contributed by atoms with Crippen molar-refractivity contribution >= 4 is 29.5 Å². The van der Waals surface area contributed by atoms with Gasteiger partial charge in [0.15, 0.2) is 5.76 Å². The van der Waals surface area contributed by atoms with Crippen LogP contribution in [0.25, 0.3) is 0 Å². The zero-order valence-corrected chi connectivity index (χ0v) is 16.4. The highest BCUT2D eigenvalue weighted by atomic mass is 32.2. The molecule has 0 saturated carbocycles. The van der Waals surface area contributed by atoms with Crippen LogP contribution < -0.4 is 15.4 Å². The Hall–Kier alpha value is -3.27. The third kappa shape index (κ3) is 8.52. The van der Waals surface area contributed by atoms with Crippen molar-refractivity contribution in [2.45, 2.75) is 0 Å². The second-order valence-corrected chi connectivity index (χ2v) is 6.71. The molecule has 0 atom stereocenters. The molecule has 1 aromatic heterocycles. The molecule has 0 aliphatic heterocycles. The van der Waals surface area contributed by atoms with Crippen LogP contribution in [-0.4, -0.2) is 47.9 Å². The molecule has 0 bridgehead atoms. The van der Waals surface area contributed by atoms with Gasteiger partial charge in [-0.2, -0.15) is 11.8 Å². The number of nitrogens with zero attached hydrogens (tertiary/aromatic N) is 1. The van der Waals surface area contributed by atoms with Crippen molar-refractivity contribution in [1.29, 1.82) is 0 Å². The zero-order chi connectivity index (χ0) is 20.9. The average Bonchev–Trinajstić information content (AvgIpc) is 3.22. The lowest BCUT2D eigenvalue weighted by Gasteiger charge is -2.04. The van der Waals surface area contributed by atoms with Crippen LogP contribution in [0.3, 0.4) is 0 Å². The van der Waals surface area contributed by atoms with E-state index in [9.17, 15) is 19.7 Å². The molecule has 0 radical (unpaired) electrons. The molecule has 154 valence electrons. The fraction of sp³-hybridized carbons (Fsp3) is 0.263. The summed E-state index contributed by atoms with van der Waals surface area (Å²) >= 11 is 1.36. The summed E-state index contributed by atoms with van der Waals surface area (Å²) in [7, 11) is 0. The molecule has 0 spiro atoms. The van der Waals surface area contributed by atoms with Crippen molar-refractivity contribution in [3.05, 3.63) is 70.5 Å². The van der Waals surface area contributed by atoms with Gasteiger partial charge in [-0.05, 0) is 24.3 Å². The summed E-state index contributed by atoms with van der Waals surface area (Å²) < 4.78 is 10.3. The quantitative estimate of drug-likeness (QED) is 0.234. The minimum atomic E-state index is -0.712. The van der Waals surface area contributed by atoms with Crippen molar-refractivity contribution in [2.75, 3.05) is 31.2 Å². The van der Waals surface area contributed by atoms with Gasteiger partial charge in [-0.3, -0.25) is 19.7 Å². The third-order valence-electron chi connectivity index (χ3n) is 3.43. The molecule has 0 unspecified atom stereocenters. The molecule has 9 nitrogen and oxygen atoms in total. The summed E-state index contributed by atoms with van der Waals surface area (Å²) in [5.74, 6) is 0.307. The number of hydrogen-bond acceptors (Lipinski definition) is 7. The van der Waals surface area contributed by atoms with Crippen LogP contribution >= 0.6 is 11.8 Å². The largest absolute Gasteiger partial charge is 0.490 e. The van der Waals surface area contributed by atoms with E-state index in [1.54, 1.807) is 0 Å². The lowest BCUT2D eigenvalue weighted by molar-refractivity contribution is -0.402. The maximum atomic E-state index is 11.8. The van der Waals surface area contributed by atoms with Crippen LogP contribution in [0.1, 0.15) is 10.6 Å². The van der Waals surface area contributed by atoms with Gasteiger partial charge in [0.25, 0.3) is 5.91 Å². The Morgan fingerprint density at radius 1 is 1.14 bits per heavy atom. The van der Waals surface area contributed by atoms with Crippen LogP contribution in [0, 0.1) is 10.1 Å². The maximum Gasteiger partial charge on any atom is 0.433 e. The lowest BCUT2D eigenvalue weighted by Crippen LogP contribution is -2.27. The number of nitro groups is 1. The Labute approximate surface area is 171 Å². The van der Waals surface area contributed by atoms with Gasteiger partial charge in [-0.15, -0.1) is 0 Å². The molecular formula is C19H21N3O6S. The first-order valence-electron chi connectivity index (χ1n) is 8.76. The summed E-state index contributed by atoms with van der Waals surface area (Å²) in [6.07, 6.45) is 3.64. The number of rotatable bonds is 12. The predicted molar refractivity (Wildman–Crippen MR) is 109 cm³/mol. The Morgan fingerprint density at radius 2 is 1.93 bits per heavy atom. The number of amides is 2. The molecule has 1 heterocycles. The molecule has 0 saturated heterocycles. The van der Waals surface area contributed by atoms with E-state index < -0.39 is 16.7 Å². The molecule has 2 N–H and O–H groups in total. The van der Waals surface area contributed by atoms with E-state index in [-0.39, 0.29) is 17.4 Å². The number of ether oxygens (including phenoxy) is 1. The van der Waals surface area contributed by atoms with E-state index in [1.165, 1.54) is 17.8 Å². The number of hydrogen-bond donors (Lipinski definition) is 2. The van der Waals surface area contributed by atoms with E-state index in [1.807, 2.05) is 42.5 Å². The summed E-state index contributed by atoms with van der Waals surface area (Å²) in [5.41, 5.74) is 0. The summed E-state index contributed by atoms with van der Waals surface area (Å²) in [6.45, 7) is 1.14. The number of benzene rings is 1. The van der Waals surface area contributed by atoms with Gasteiger partial charge >= 0.3 is 5.88 Å². The summed E-state index contributed by atoms with van der Waals surface area (Å²) in [5, 5.41) is 15.8. The first-order chi connectivity index (χ1) is 14.1. The van der Waals surface area contributed by atoms with Gasteiger partial charge in [0, 0.05) is 18.8 Å². The fourth-order valence-corrected chi connectivity index (χ4v) is 2.75. The number of carbonyl (C=O) groups is 2. The second kappa shape index (κ2) is 12.2. The second-order valence-electron chi connectivity index (χ2n) is 5.60. The van der Waals surface area contributed by atoms with Crippen LogP contribution in [0.5, 0.6) is 5.75 Å². The molecule has 2 rings (SSSR count). The van der Waals surface area contributed by atoms with E-state index in [0.717, 1.165) is 11.8 Å². The van der Waals surface area contributed by atoms with Gasteiger partial charge in [0.1, 0.15) is 17.3 Å². The summed E-state index contributed by atoms with van der Waals surface area (Å²) in [4.78, 5) is 33.3. The van der Waals surface area contributed by atoms with Crippen LogP contribution in [0.15, 0.2) is 59.0 Å². The molecule has 0 aliphatic carbocycles. The van der Waals surface area contributed by atoms with Crippen molar-refractivity contribution in [3.63, 3.8) is 0 Å². The molecular weight excluding hydrogens is 398 g/mol. The molecule has 1 aromatic carbocycles. The van der Waals surface area contributed by atoms with E-state index in [2.05, 4.69) is 10.6 Å². The van der Waals surface area contributed by atoms with Gasteiger partial charge in [0.2, 0.25) is 5.91 Å². The SMILES string of the molecule is O=C(CSCCNC(=O)c1ccc([N+](=O)[O-])o1)NC/C=C\COc1ccccc1. The fourth-order valence-electron chi connectivity index (χ4n) is 2.07. The monoisotopic (exact) mass is 419 g/mol. The number of para-hydroxylation sites is 1. The number of nitrogens with one attached hydrogen (secondary N) is 2. The van der Waals surface area contributed by atoms with Gasteiger partial charge in [-0.1, -0.05) is 24.3 Å². The standard InChI is InChI=1S/C19H21N3O6S/c23-17(20-10-4-5-12-27-15-6-2-1-3-7-15)14-29-13-11-21-19(24)16-8-9-18(28-16)22(25)26/h1-9H,10-14H2,(H,20,23)(H,21,24)/b5-4-. The topological polar surface area (TPSA) is 124 Å². The highest BCUT2D eigenvalue weighted by Gasteiger charge is 2.16. The summed E-state index contributed by atoms with van der Waals surface area (Å²) in [6, 6.07) is 11.8. The Bertz CT molecular complexity index is 837. The van der Waals surface area contributed by atoms with Gasteiger partial charge in [-0.25, -0.2) is 0 Å². The molecule has 0 aliphatic rings. The maximum absolute atomic E-state index is 11.8.